The topological polar surface area (TPSA) is 43.4 Å². The molecule has 0 aliphatic rings. The molecular formula is C36H34O3. The van der Waals surface area contributed by atoms with Gasteiger partial charge in [-0.15, -0.1) is 0 Å². The minimum atomic E-state index is -0.444. The summed E-state index contributed by atoms with van der Waals surface area (Å²) in [6.07, 6.45) is 12.6. The second-order valence-electron chi connectivity index (χ2n) is 11.4. The lowest BCUT2D eigenvalue weighted by molar-refractivity contribution is 0.308. The lowest BCUT2D eigenvalue weighted by Gasteiger charge is -2.21. The van der Waals surface area contributed by atoms with E-state index in [2.05, 4.69) is 43.3 Å². The Kier molecular flexibility index (Phi) is 6.11. The Balaban J connectivity index is 1.26. The number of rotatable bonds is 12. The Labute approximate surface area is 227 Å². The van der Waals surface area contributed by atoms with Gasteiger partial charge < -0.3 is 4.74 Å². The molecule has 0 heterocycles. The maximum absolute atomic E-state index is 13.6. The van der Waals surface area contributed by atoms with Crippen LogP contribution in [0, 0.1) is 0 Å². The molecule has 0 unspecified atom stereocenters. The Morgan fingerprint density at radius 2 is 0.974 bits per heavy atom. The van der Waals surface area contributed by atoms with Crippen LogP contribution in [0.1, 0.15) is 71.1 Å². The number of hydrogen-bond donors (Lipinski definition) is 0. The van der Waals surface area contributed by atoms with Crippen molar-refractivity contribution in [3.63, 3.8) is 0 Å². The molecule has 0 N–H and O–H groups in total. The predicted molar refractivity (Wildman–Crippen MR) is 166 cm³/mol. The van der Waals surface area contributed by atoms with Gasteiger partial charge >= 0.3 is 0 Å². The zero-order chi connectivity index (χ0) is 26.5. The van der Waals surface area contributed by atoms with Crippen LogP contribution in [-0.2, 0) is 0 Å². The van der Waals surface area contributed by atoms with E-state index in [1.807, 2.05) is 18.2 Å². The first-order valence-corrected chi connectivity index (χ1v) is 14.8. The normalized spacial score (nSPS) is 12.5. The van der Waals surface area contributed by atoms with E-state index in [4.69, 9.17) is 4.74 Å². The first-order chi connectivity index (χ1) is 19.2. The summed E-state index contributed by atoms with van der Waals surface area (Å²) in [5.74, 6) is 0.556. The van der Waals surface area contributed by atoms with Gasteiger partial charge in [-0.2, -0.15) is 0 Å². The number of benzene rings is 7. The highest BCUT2D eigenvalue weighted by Crippen LogP contribution is 2.48. The van der Waals surface area contributed by atoms with Crippen LogP contribution in [0.5, 0.6) is 5.75 Å². The summed E-state index contributed by atoms with van der Waals surface area (Å²) in [5, 5.41) is 11.8. The smallest absolute Gasteiger partial charge is 0.237 e. The van der Waals surface area contributed by atoms with Crippen molar-refractivity contribution >= 4 is 64.6 Å². The molecule has 7 rings (SSSR count). The maximum Gasteiger partial charge on any atom is 0.237 e. The van der Waals surface area contributed by atoms with Crippen molar-refractivity contribution in [3.05, 3.63) is 75.0 Å². The van der Waals surface area contributed by atoms with Gasteiger partial charge in [-0.1, -0.05) is 107 Å². The van der Waals surface area contributed by atoms with E-state index in [0.29, 0.717) is 23.1 Å². The molecule has 0 saturated heterocycles. The molecule has 0 aromatic heterocycles. The van der Waals surface area contributed by atoms with E-state index in [1.165, 1.54) is 62.1 Å². The van der Waals surface area contributed by atoms with E-state index < -0.39 is 10.9 Å². The number of ether oxygens (including phenoxy) is 1. The lowest BCUT2D eigenvalue weighted by atomic mass is 9.82. The van der Waals surface area contributed by atoms with Gasteiger partial charge in [0.25, 0.3) is 0 Å². The molecule has 0 saturated carbocycles. The summed E-state index contributed by atoms with van der Waals surface area (Å²) in [6, 6.07) is 18.7. The molecule has 39 heavy (non-hydrogen) atoms. The van der Waals surface area contributed by atoms with Gasteiger partial charge in [0.1, 0.15) is 5.75 Å². The molecule has 0 amide bonds. The Morgan fingerprint density at radius 1 is 0.487 bits per heavy atom. The summed E-state index contributed by atoms with van der Waals surface area (Å²) in [6.45, 7) is 2.82. The Morgan fingerprint density at radius 3 is 1.59 bits per heavy atom. The Bertz CT molecular complexity index is 2020. The minimum Gasteiger partial charge on any atom is -0.493 e. The molecule has 196 valence electrons. The molecule has 7 aromatic rings. The van der Waals surface area contributed by atoms with E-state index in [0.717, 1.165) is 55.9 Å². The van der Waals surface area contributed by atoms with Gasteiger partial charge in [0.05, 0.1) is 12.0 Å². The quantitative estimate of drug-likeness (QED) is 0.0706. The van der Waals surface area contributed by atoms with Crippen molar-refractivity contribution in [1.82, 2.24) is 0 Å². The molecular weight excluding hydrogens is 480 g/mol. The fourth-order valence-corrected chi connectivity index (χ4v) is 6.96. The van der Waals surface area contributed by atoms with Gasteiger partial charge in [0.15, 0.2) is 0 Å². The molecule has 0 bridgehead atoms. The van der Waals surface area contributed by atoms with Crippen molar-refractivity contribution in [1.29, 1.82) is 0 Å². The monoisotopic (exact) mass is 514 g/mol. The van der Waals surface area contributed by atoms with Crippen LogP contribution >= 0.6 is 0 Å². The van der Waals surface area contributed by atoms with Gasteiger partial charge in [-0.3, -0.25) is 9.59 Å². The Hall–Kier alpha value is -3.72. The SMILES string of the molecule is CCCCCCCCCCCCOc1cc2ccc3ccc4ccc5ccc6c(=O)c(=O)c1c1c2c3c4c5c61. The van der Waals surface area contributed by atoms with Crippen LogP contribution in [0.4, 0.5) is 0 Å². The van der Waals surface area contributed by atoms with Gasteiger partial charge in [0, 0.05) is 16.2 Å². The van der Waals surface area contributed by atoms with Crippen molar-refractivity contribution in [3.8, 4) is 5.75 Å². The minimum absolute atomic E-state index is 0.425. The van der Waals surface area contributed by atoms with Gasteiger partial charge in [-0.25, -0.2) is 0 Å². The first-order valence-electron chi connectivity index (χ1n) is 14.8. The molecule has 0 radical (unpaired) electrons. The average Bonchev–Trinajstić information content (AvgIpc) is 2.96. The lowest BCUT2D eigenvalue weighted by Crippen LogP contribution is -2.25. The van der Waals surface area contributed by atoms with Crippen LogP contribution in [0.15, 0.2) is 64.2 Å². The molecule has 7 aromatic carbocycles. The van der Waals surface area contributed by atoms with Crippen LogP contribution in [0.25, 0.3) is 64.6 Å². The third kappa shape index (κ3) is 3.77. The molecule has 0 aliphatic carbocycles. The summed E-state index contributed by atoms with van der Waals surface area (Å²) >= 11 is 0. The predicted octanol–water partition coefficient (Wildman–Crippen LogP) is 9.38. The third-order valence-corrected chi connectivity index (χ3v) is 8.90. The second kappa shape index (κ2) is 9.79. The fraction of sp³-hybridized carbons (Fsp3) is 0.333. The number of hydrogen-bond acceptors (Lipinski definition) is 3. The fourth-order valence-electron chi connectivity index (χ4n) is 6.96. The molecule has 3 nitrogen and oxygen atoms in total. The molecule has 3 heteroatoms. The average molecular weight is 515 g/mol. The van der Waals surface area contributed by atoms with Crippen LogP contribution in [0.2, 0.25) is 0 Å². The van der Waals surface area contributed by atoms with Gasteiger partial charge in [-0.05, 0) is 61.6 Å². The van der Waals surface area contributed by atoms with E-state index >= 15 is 0 Å². The zero-order valence-corrected chi connectivity index (χ0v) is 22.7. The highest BCUT2D eigenvalue weighted by atomic mass is 16.5. The highest BCUT2D eigenvalue weighted by Gasteiger charge is 2.25. The third-order valence-electron chi connectivity index (χ3n) is 8.90. The van der Waals surface area contributed by atoms with Crippen molar-refractivity contribution in [2.24, 2.45) is 0 Å². The van der Waals surface area contributed by atoms with Crippen LogP contribution < -0.4 is 15.6 Å². The zero-order valence-electron chi connectivity index (χ0n) is 22.7. The first kappa shape index (κ1) is 24.3. The molecule has 0 spiro atoms. The summed E-state index contributed by atoms with van der Waals surface area (Å²) in [4.78, 5) is 27.1. The second-order valence-corrected chi connectivity index (χ2v) is 11.4. The van der Waals surface area contributed by atoms with E-state index in [-0.39, 0.29) is 0 Å². The van der Waals surface area contributed by atoms with Crippen molar-refractivity contribution in [2.45, 2.75) is 71.1 Å². The largest absolute Gasteiger partial charge is 0.493 e. The summed E-state index contributed by atoms with van der Waals surface area (Å²) < 4.78 is 6.33. The summed E-state index contributed by atoms with van der Waals surface area (Å²) in [7, 11) is 0. The van der Waals surface area contributed by atoms with Crippen molar-refractivity contribution < 1.29 is 4.74 Å². The number of unbranched alkanes of at least 4 members (excludes halogenated alkanes) is 9. The van der Waals surface area contributed by atoms with Crippen LogP contribution in [0.3, 0.4) is 0 Å². The maximum atomic E-state index is 13.6. The van der Waals surface area contributed by atoms with Gasteiger partial charge in [0.2, 0.25) is 10.9 Å². The van der Waals surface area contributed by atoms with E-state index in [1.54, 1.807) is 0 Å². The molecule has 0 fully saturated rings. The van der Waals surface area contributed by atoms with Crippen molar-refractivity contribution in [2.75, 3.05) is 6.61 Å². The van der Waals surface area contributed by atoms with E-state index in [9.17, 15) is 9.59 Å². The molecule has 0 aliphatic heterocycles. The standard InChI is InChI=1S/C36H34O3/c1-2-3-4-5-6-7-8-9-10-11-20-39-27-21-25-17-16-23-13-12-22-14-15-24-18-19-26-32-30(24)28(22)29(23)31(25)34(32)33(27)36(38)35(26)37/h12-19,21H,2-11,20H2,1H3. The van der Waals surface area contributed by atoms with Crippen LogP contribution in [-0.4, -0.2) is 6.61 Å². The molecule has 0 atom stereocenters. The summed E-state index contributed by atoms with van der Waals surface area (Å²) in [5.41, 5.74) is -0.869. The highest BCUT2D eigenvalue weighted by molar-refractivity contribution is 6.44.